The second-order valence-corrected chi connectivity index (χ2v) is 8.72. The van der Waals surface area contributed by atoms with Crippen LogP contribution in [0.2, 0.25) is 0 Å². The van der Waals surface area contributed by atoms with Crippen LogP contribution in [-0.2, 0) is 24.3 Å². The van der Waals surface area contributed by atoms with Crippen LogP contribution < -0.4 is 0 Å². The number of hydrogen-bond donors (Lipinski definition) is 0. The number of hydrogen-bond acceptors (Lipinski definition) is 6. The van der Waals surface area contributed by atoms with E-state index < -0.39 is 15.8 Å². The van der Waals surface area contributed by atoms with Crippen LogP contribution in [0.5, 0.6) is 0 Å². The topological polar surface area (TPSA) is 79.4 Å². The molecule has 9 heteroatoms. The number of nitrogens with zero attached hydrogens (tertiary/aromatic N) is 3. The lowest BCUT2D eigenvalue weighted by Crippen LogP contribution is -2.50. The molecule has 1 spiro atoms. The monoisotopic (exact) mass is 363 g/mol. The molecule has 2 fully saturated rings. The summed E-state index contributed by atoms with van der Waals surface area (Å²) in [6.07, 6.45) is 3.12. The first-order valence-corrected chi connectivity index (χ1v) is 10.2. The van der Waals surface area contributed by atoms with Gasteiger partial charge in [-0.05, 0) is 27.1 Å². The maximum atomic E-state index is 12.5. The molecule has 2 heterocycles. The Bertz CT molecular complexity index is 521. The highest BCUT2D eigenvalue weighted by atomic mass is 32.2. The van der Waals surface area contributed by atoms with Crippen LogP contribution >= 0.6 is 0 Å². The Morgan fingerprint density at radius 1 is 1.12 bits per heavy atom. The minimum Gasteiger partial charge on any atom is -0.347 e. The minimum absolute atomic E-state index is 0.0963. The van der Waals surface area contributed by atoms with E-state index in [2.05, 4.69) is 0 Å². The number of piperidine rings is 1. The highest BCUT2D eigenvalue weighted by Crippen LogP contribution is 2.31. The van der Waals surface area contributed by atoms with E-state index in [0.29, 0.717) is 52.1 Å². The van der Waals surface area contributed by atoms with E-state index in [4.69, 9.17) is 9.47 Å². The van der Waals surface area contributed by atoms with E-state index in [0.717, 1.165) is 12.8 Å². The molecule has 8 nitrogen and oxygen atoms in total. The van der Waals surface area contributed by atoms with Crippen LogP contribution in [0.15, 0.2) is 0 Å². The zero-order valence-corrected chi connectivity index (χ0v) is 15.7. The molecule has 0 saturated carbocycles. The highest BCUT2D eigenvalue weighted by molar-refractivity contribution is 7.88. The number of carbonyl (C=O) groups is 1. The van der Waals surface area contributed by atoms with Gasteiger partial charge in [0.25, 0.3) is 0 Å². The summed E-state index contributed by atoms with van der Waals surface area (Å²) >= 11 is 0. The van der Waals surface area contributed by atoms with Gasteiger partial charge in [-0.3, -0.25) is 4.79 Å². The number of sulfonamides is 1. The molecule has 0 aromatic carbocycles. The molecule has 24 heavy (non-hydrogen) atoms. The fraction of sp³-hybridized carbons (Fsp3) is 0.933. The maximum Gasteiger partial charge on any atom is 0.237 e. The first kappa shape index (κ1) is 19.6. The first-order valence-electron chi connectivity index (χ1n) is 8.37. The molecule has 2 rings (SSSR count). The smallest absolute Gasteiger partial charge is 0.237 e. The number of amides is 1. The van der Waals surface area contributed by atoms with Gasteiger partial charge in [0.2, 0.25) is 15.9 Å². The molecule has 0 bridgehead atoms. The third-order valence-corrected chi connectivity index (χ3v) is 5.73. The molecule has 2 aliphatic heterocycles. The molecule has 2 aliphatic rings. The van der Waals surface area contributed by atoms with Crippen molar-refractivity contribution in [2.45, 2.75) is 25.0 Å². The molecule has 0 aromatic rings. The fourth-order valence-corrected chi connectivity index (χ4v) is 3.86. The Morgan fingerprint density at radius 3 is 2.21 bits per heavy atom. The zero-order valence-electron chi connectivity index (χ0n) is 14.9. The van der Waals surface area contributed by atoms with Crippen molar-refractivity contribution in [1.82, 2.24) is 14.1 Å². The van der Waals surface area contributed by atoms with Crippen LogP contribution in [-0.4, -0.2) is 101 Å². The predicted molar refractivity (Wildman–Crippen MR) is 90.0 cm³/mol. The Labute approximate surface area is 144 Å². The van der Waals surface area contributed by atoms with Crippen LogP contribution in [0, 0.1) is 0 Å². The van der Waals surface area contributed by atoms with E-state index in [-0.39, 0.29) is 12.5 Å². The molecule has 2 saturated heterocycles. The van der Waals surface area contributed by atoms with Gasteiger partial charge in [-0.15, -0.1) is 0 Å². The molecule has 0 radical (unpaired) electrons. The van der Waals surface area contributed by atoms with Gasteiger partial charge in [-0.25, -0.2) is 8.42 Å². The van der Waals surface area contributed by atoms with Crippen molar-refractivity contribution < 1.29 is 22.7 Å². The molecule has 140 valence electrons. The second kappa shape index (κ2) is 8.09. The Balaban J connectivity index is 1.86. The van der Waals surface area contributed by atoms with Crippen molar-refractivity contribution in [1.29, 1.82) is 0 Å². The fourth-order valence-electron chi connectivity index (χ4n) is 3.06. The zero-order chi connectivity index (χ0) is 17.8. The second-order valence-electron chi connectivity index (χ2n) is 6.74. The van der Waals surface area contributed by atoms with E-state index in [1.54, 1.807) is 4.90 Å². The molecule has 0 atom stereocenters. The van der Waals surface area contributed by atoms with Crippen LogP contribution in [0.25, 0.3) is 0 Å². The summed E-state index contributed by atoms with van der Waals surface area (Å²) in [7, 11) is 0.474. The molecular weight excluding hydrogens is 334 g/mol. The Hall–Kier alpha value is -0.740. The van der Waals surface area contributed by atoms with Crippen LogP contribution in [0.3, 0.4) is 0 Å². The molecular formula is C15H29N3O5S. The largest absolute Gasteiger partial charge is 0.347 e. The number of likely N-dealkylation sites (tertiary alicyclic amines) is 1. The summed E-state index contributed by atoms with van der Waals surface area (Å²) in [6, 6.07) is 0. The van der Waals surface area contributed by atoms with E-state index in [1.807, 2.05) is 19.0 Å². The lowest BCUT2D eigenvalue weighted by Gasteiger charge is -2.38. The molecule has 0 N–H and O–H groups in total. The summed E-state index contributed by atoms with van der Waals surface area (Å²) in [5.41, 5.74) is 0. The van der Waals surface area contributed by atoms with Gasteiger partial charge < -0.3 is 19.3 Å². The molecule has 0 aromatic heterocycles. The predicted octanol–water partition coefficient (Wildman–Crippen LogP) is -0.435. The molecule has 0 unspecified atom stereocenters. The van der Waals surface area contributed by atoms with Gasteiger partial charge in [-0.1, -0.05) is 0 Å². The molecule has 0 aliphatic carbocycles. The van der Waals surface area contributed by atoms with Crippen molar-refractivity contribution in [2.24, 2.45) is 0 Å². The van der Waals surface area contributed by atoms with Crippen molar-refractivity contribution >= 4 is 15.9 Å². The normalized spacial score (nSPS) is 21.1. The van der Waals surface area contributed by atoms with Gasteiger partial charge >= 0.3 is 0 Å². The quantitative estimate of drug-likeness (QED) is 0.610. The summed E-state index contributed by atoms with van der Waals surface area (Å²) in [4.78, 5) is 16.2. The third-order valence-electron chi connectivity index (χ3n) is 4.48. The van der Waals surface area contributed by atoms with E-state index in [1.165, 1.54) is 4.31 Å². The number of ether oxygens (including phenoxy) is 2. The van der Waals surface area contributed by atoms with Gasteiger partial charge in [0, 0.05) is 32.5 Å². The van der Waals surface area contributed by atoms with Gasteiger partial charge in [0.05, 0.1) is 26.0 Å². The Kier molecular flexibility index (Phi) is 6.60. The maximum absolute atomic E-state index is 12.5. The number of rotatable bonds is 7. The standard InChI is InChI=1S/C15H29N3O5S/c1-16(2)7-4-8-18(24(3,20)21)13-14(19)17-9-5-15(6-10-17)22-11-12-23-15/h4-13H2,1-3H3. The average molecular weight is 363 g/mol. The lowest BCUT2D eigenvalue weighted by molar-refractivity contribution is -0.187. The van der Waals surface area contributed by atoms with Crippen molar-refractivity contribution in [3.8, 4) is 0 Å². The van der Waals surface area contributed by atoms with Gasteiger partial charge in [0.15, 0.2) is 5.79 Å². The minimum atomic E-state index is -3.40. The number of carbonyl (C=O) groups excluding carboxylic acids is 1. The summed E-state index contributed by atoms with van der Waals surface area (Å²) in [5.74, 6) is -0.683. The van der Waals surface area contributed by atoms with Crippen LogP contribution in [0.1, 0.15) is 19.3 Å². The first-order chi connectivity index (χ1) is 11.2. The van der Waals surface area contributed by atoms with Crippen molar-refractivity contribution in [2.75, 3.05) is 66.3 Å². The third kappa shape index (κ3) is 5.38. The summed E-state index contributed by atoms with van der Waals surface area (Å²) in [6.45, 7) is 3.31. The average Bonchev–Trinajstić information content (AvgIpc) is 2.93. The Morgan fingerprint density at radius 2 is 1.71 bits per heavy atom. The van der Waals surface area contributed by atoms with Crippen molar-refractivity contribution in [3.05, 3.63) is 0 Å². The van der Waals surface area contributed by atoms with E-state index in [9.17, 15) is 13.2 Å². The lowest BCUT2D eigenvalue weighted by atomic mass is 10.0. The van der Waals surface area contributed by atoms with Gasteiger partial charge in [0.1, 0.15) is 0 Å². The highest BCUT2D eigenvalue weighted by Gasteiger charge is 2.41. The molecule has 1 amide bonds. The van der Waals surface area contributed by atoms with E-state index >= 15 is 0 Å². The van der Waals surface area contributed by atoms with Crippen molar-refractivity contribution in [3.63, 3.8) is 0 Å². The summed E-state index contributed by atoms with van der Waals surface area (Å²) < 4.78 is 36.4. The summed E-state index contributed by atoms with van der Waals surface area (Å²) in [5, 5.41) is 0. The SMILES string of the molecule is CN(C)CCCN(CC(=O)N1CCC2(CC1)OCCO2)S(C)(=O)=O. The van der Waals surface area contributed by atoms with Crippen LogP contribution in [0.4, 0.5) is 0 Å². The van der Waals surface area contributed by atoms with Gasteiger partial charge in [-0.2, -0.15) is 4.31 Å².